The Kier molecular flexibility index (Phi) is 10.7. The highest BCUT2D eigenvalue weighted by Crippen LogP contribution is 2.28. The molecule has 1 aromatic carbocycles. The standard InChI is InChI=1S/C23H28N2O10S/c1-12(26)31-11-18-19(32-13(2)27)20(33-14(3)28)21(34-15(4)29)22(35-18)25-23(36)24-10-17(30)16-8-6-5-7-9-16/h5-9,18-22H,10-11H2,1-4H3,(H2,24,25,36)/t18-,19+,20-,21-,22+/m0/s1. The van der Waals surface area contributed by atoms with Crippen LogP contribution in [0.2, 0.25) is 0 Å². The molecular weight excluding hydrogens is 496 g/mol. The summed E-state index contributed by atoms with van der Waals surface area (Å²) in [5.74, 6) is -3.10. The van der Waals surface area contributed by atoms with Gasteiger partial charge in [-0.1, -0.05) is 30.3 Å². The zero-order chi connectivity index (χ0) is 26.8. The fourth-order valence-electron chi connectivity index (χ4n) is 3.41. The van der Waals surface area contributed by atoms with Crippen LogP contribution in [0.3, 0.4) is 0 Å². The summed E-state index contributed by atoms with van der Waals surface area (Å²) in [6.45, 7) is 4.03. The topological polar surface area (TPSA) is 156 Å². The smallest absolute Gasteiger partial charge is 0.303 e. The molecule has 0 unspecified atom stereocenters. The van der Waals surface area contributed by atoms with Crippen LogP contribution in [0.15, 0.2) is 30.3 Å². The van der Waals surface area contributed by atoms with Crippen LogP contribution in [0.5, 0.6) is 0 Å². The third kappa shape index (κ3) is 8.89. The summed E-state index contributed by atoms with van der Waals surface area (Å²) in [4.78, 5) is 59.2. The fourth-order valence-corrected chi connectivity index (χ4v) is 3.60. The van der Waals surface area contributed by atoms with Gasteiger partial charge in [0.25, 0.3) is 0 Å². The third-order valence-electron chi connectivity index (χ3n) is 4.77. The predicted octanol–water partition coefficient (Wildman–Crippen LogP) is 0.417. The Labute approximate surface area is 212 Å². The number of thiocarbonyl (C=S) groups is 1. The molecule has 0 aliphatic carbocycles. The number of benzene rings is 1. The molecule has 1 aromatic rings. The molecule has 1 saturated heterocycles. The van der Waals surface area contributed by atoms with Crippen molar-refractivity contribution in [1.29, 1.82) is 0 Å². The summed E-state index contributed by atoms with van der Waals surface area (Å²) in [6.07, 6.45) is -6.31. The van der Waals surface area contributed by atoms with Crippen LogP contribution in [-0.2, 0) is 42.9 Å². The van der Waals surface area contributed by atoms with Gasteiger partial charge in [-0.2, -0.15) is 0 Å². The number of ketones is 1. The molecule has 0 bridgehead atoms. The molecule has 1 aliphatic rings. The molecule has 36 heavy (non-hydrogen) atoms. The average Bonchev–Trinajstić information content (AvgIpc) is 2.79. The van der Waals surface area contributed by atoms with Crippen molar-refractivity contribution in [2.45, 2.75) is 58.3 Å². The minimum atomic E-state index is -1.34. The normalized spacial score (nSPS) is 22.9. The van der Waals surface area contributed by atoms with Gasteiger partial charge in [0.1, 0.15) is 12.7 Å². The van der Waals surface area contributed by atoms with Crippen LogP contribution in [0.25, 0.3) is 0 Å². The van der Waals surface area contributed by atoms with Gasteiger partial charge in [-0.15, -0.1) is 0 Å². The van der Waals surface area contributed by atoms with Gasteiger partial charge in [-0.25, -0.2) is 0 Å². The predicted molar refractivity (Wildman–Crippen MR) is 126 cm³/mol. The van der Waals surface area contributed by atoms with Gasteiger partial charge < -0.3 is 34.3 Å². The van der Waals surface area contributed by atoms with Crippen LogP contribution >= 0.6 is 12.2 Å². The van der Waals surface area contributed by atoms with E-state index in [2.05, 4.69) is 10.6 Å². The highest BCUT2D eigenvalue weighted by atomic mass is 32.1. The molecule has 1 fully saturated rings. The highest BCUT2D eigenvalue weighted by Gasteiger charge is 2.52. The average molecular weight is 525 g/mol. The van der Waals surface area contributed by atoms with Crippen LogP contribution < -0.4 is 10.6 Å². The summed E-state index contributed by atoms with van der Waals surface area (Å²) in [6, 6.07) is 8.53. The van der Waals surface area contributed by atoms with E-state index in [1.54, 1.807) is 30.3 Å². The summed E-state index contributed by atoms with van der Waals surface area (Å²) in [5.41, 5.74) is 0.472. The molecule has 1 aliphatic heterocycles. The van der Waals surface area contributed by atoms with E-state index in [1.165, 1.54) is 6.92 Å². The maximum atomic E-state index is 12.4. The van der Waals surface area contributed by atoms with Gasteiger partial charge in [0.2, 0.25) is 0 Å². The Bertz CT molecular complexity index is 986. The highest BCUT2D eigenvalue weighted by molar-refractivity contribution is 7.80. The Hall–Kier alpha value is -3.58. The molecule has 0 aromatic heterocycles. The number of rotatable bonds is 9. The molecule has 0 amide bonds. The molecule has 2 rings (SSSR count). The number of carbonyl (C=O) groups excluding carboxylic acids is 5. The minimum absolute atomic E-state index is 0.0415. The molecular formula is C23H28N2O10S. The summed E-state index contributed by atoms with van der Waals surface area (Å²) in [5, 5.41) is 5.47. The van der Waals surface area contributed by atoms with Crippen LogP contribution in [0, 0.1) is 0 Å². The van der Waals surface area contributed by atoms with Crippen molar-refractivity contribution in [3.8, 4) is 0 Å². The molecule has 5 atom stereocenters. The van der Waals surface area contributed by atoms with E-state index in [9.17, 15) is 24.0 Å². The van der Waals surface area contributed by atoms with Crippen molar-refractivity contribution in [2.75, 3.05) is 13.2 Å². The first-order chi connectivity index (χ1) is 17.0. The summed E-state index contributed by atoms with van der Waals surface area (Å²) >= 11 is 5.27. The van der Waals surface area contributed by atoms with Crippen molar-refractivity contribution >= 4 is 47.0 Å². The lowest BCUT2D eigenvalue weighted by molar-refractivity contribution is -0.254. The number of hydrogen-bond acceptors (Lipinski definition) is 11. The van der Waals surface area contributed by atoms with Crippen molar-refractivity contribution in [3.63, 3.8) is 0 Å². The molecule has 2 N–H and O–H groups in total. The zero-order valence-electron chi connectivity index (χ0n) is 20.2. The first-order valence-corrected chi connectivity index (χ1v) is 11.3. The van der Waals surface area contributed by atoms with Crippen molar-refractivity contribution in [3.05, 3.63) is 35.9 Å². The first kappa shape index (κ1) is 28.7. The van der Waals surface area contributed by atoms with E-state index in [0.717, 1.165) is 20.8 Å². The minimum Gasteiger partial charge on any atom is -0.463 e. The Morgan fingerprint density at radius 2 is 1.39 bits per heavy atom. The lowest BCUT2D eigenvalue weighted by Gasteiger charge is -2.44. The number of carbonyl (C=O) groups is 5. The Morgan fingerprint density at radius 1 is 0.833 bits per heavy atom. The number of hydrogen-bond donors (Lipinski definition) is 2. The third-order valence-corrected chi connectivity index (χ3v) is 5.03. The van der Waals surface area contributed by atoms with Gasteiger partial charge >= 0.3 is 23.9 Å². The summed E-state index contributed by atoms with van der Waals surface area (Å²) in [7, 11) is 0. The van der Waals surface area contributed by atoms with E-state index < -0.39 is 54.5 Å². The van der Waals surface area contributed by atoms with E-state index >= 15 is 0 Å². The molecule has 12 nitrogen and oxygen atoms in total. The Balaban J connectivity index is 2.26. The molecule has 13 heteroatoms. The fraction of sp³-hybridized carbons (Fsp3) is 0.478. The number of Topliss-reactive ketones (excluding diaryl/α,β-unsaturated/α-hetero) is 1. The second-order valence-electron chi connectivity index (χ2n) is 7.74. The monoisotopic (exact) mass is 524 g/mol. The van der Waals surface area contributed by atoms with E-state index in [-0.39, 0.29) is 24.0 Å². The molecule has 1 heterocycles. The van der Waals surface area contributed by atoms with Crippen molar-refractivity contribution < 1.29 is 47.7 Å². The van der Waals surface area contributed by atoms with Crippen molar-refractivity contribution in [1.82, 2.24) is 10.6 Å². The van der Waals surface area contributed by atoms with Gasteiger partial charge in [0.05, 0.1) is 6.54 Å². The molecule has 0 saturated carbocycles. The van der Waals surface area contributed by atoms with E-state index in [1.807, 2.05) is 0 Å². The maximum absolute atomic E-state index is 12.4. The lowest BCUT2D eigenvalue weighted by Crippen LogP contribution is -2.66. The number of esters is 4. The molecule has 0 radical (unpaired) electrons. The quantitative estimate of drug-likeness (QED) is 0.198. The number of nitrogens with one attached hydrogen (secondary N) is 2. The Morgan fingerprint density at radius 3 is 1.94 bits per heavy atom. The second kappa shape index (κ2) is 13.5. The first-order valence-electron chi connectivity index (χ1n) is 10.9. The van der Waals surface area contributed by atoms with Gasteiger partial charge in [0.15, 0.2) is 35.4 Å². The largest absolute Gasteiger partial charge is 0.463 e. The lowest BCUT2D eigenvalue weighted by atomic mass is 9.97. The van der Waals surface area contributed by atoms with Gasteiger partial charge in [-0.3, -0.25) is 24.0 Å². The van der Waals surface area contributed by atoms with Crippen LogP contribution in [-0.4, -0.2) is 78.6 Å². The number of ether oxygens (including phenoxy) is 5. The van der Waals surface area contributed by atoms with Gasteiger partial charge in [-0.05, 0) is 12.2 Å². The van der Waals surface area contributed by atoms with Crippen LogP contribution in [0.4, 0.5) is 0 Å². The van der Waals surface area contributed by atoms with E-state index in [0.29, 0.717) is 5.56 Å². The summed E-state index contributed by atoms with van der Waals surface area (Å²) < 4.78 is 26.9. The van der Waals surface area contributed by atoms with Gasteiger partial charge in [0, 0.05) is 33.3 Å². The van der Waals surface area contributed by atoms with Crippen molar-refractivity contribution in [2.24, 2.45) is 0 Å². The SMILES string of the molecule is CC(=O)OC[C@@H]1O[C@@H](NC(=S)NCC(=O)c2ccccc2)[C@@H](OC(C)=O)[C@@H](OC(C)=O)[C@@H]1OC(C)=O. The maximum Gasteiger partial charge on any atom is 0.303 e. The van der Waals surface area contributed by atoms with E-state index in [4.69, 9.17) is 35.9 Å². The van der Waals surface area contributed by atoms with Crippen LogP contribution in [0.1, 0.15) is 38.1 Å². The molecule has 196 valence electrons. The molecule has 0 spiro atoms. The second-order valence-corrected chi connectivity index (χ2v) is 8.14. The zero-order valence-corrected chi connectivity index (χ0v) is 21.0.